The predicted octanol–water partition coefficient (Wildman–Crippen LogP) is 2.70. The van der Waals surface area contributed by atoms with E-state index in [4.69, 9.17) is 4.74 Å². The smallest absolute Gasteiger partial charge is 0.0549 e. The molecule has 0 unspecified atom stereocenters. The molecule has 0 aliphatic carbocycles. The van der Waals surface area contributed by atoms with Crippen molar-refractivity contribution in [2.24, 2.45) is 17.3 Å². The van der Waals surface area contributed by atoms with Gasteiger partial charge in [0.1, 0.15) is 0 Å². The van der Waals surface area contributed by atoms with E-state index in [0.29, 0.717) is 18.4 Å². The lowest BCUT2D eigenvalue weighted by Gasteiger charge is -2.39. The molecule has 0 aromatic heterocycles. The molecule has 0 fully saturated rings. The van der Waals surface area contributed by atoms with Crippen molar-refractivity contribution in [3.05, 3.63) is 0 Å². The summed E-state index contributed by atoms with van der Waals surface area (Å²) in [6.07, 6.45) is 1.04. The third-order valence-corrected chi connectivity index (χ3v) is 3.31. The molecule has 0 saturated carbocycles. The lowest BCUT2D eigenvalue weighted by Crippen LogP contribution is -2.41. The van der Waals surface area contributed by atoms with Gasteiger partial charge in [-0.15, -0.1) is 0 Å². The average Bonchev–Trinajstić information content (AvgIpc) is 2.11. The second-order valence-electron chi connectivity index (χ2n) is 4.75. The summed E-state index contributed by atoms with van der Waals surface area (Å²) in [6.45, 7) is 12.4. The molecule has 86 valence electrons. The quantitative estimate of drug-likeness (QED) is 0.643. The van der Waals surface area contributed by atoms with Gasteiger partial charge in [-0.3, -0.25) is 0 Å². The minimum absolute atomic E-state index is 0.0742. The van der Waals surface area contributed by atoms with Gasteiger partial charge in [0.25, 0.3) is 0 Å². The Morgan fingerprint density at radius 2 is 1.64 bits per heavy atom. The van der Waals surface area contributed by atoms with Gasteiger partial charge >= 0.3 is 0 Å². The van der Waals surface area contributed by atoms with Crippen LogP contribution in [0.4, 0.5) is 0 Å². The van der Waals surface area contributed by atoms with Crippen LogP contribution in [0.5, 0.6) is 0 Å². The van der Waals surface area contributed by atoms with Crippen molar-refractivity contribution in [3.63, 3.8) is 0 Å². The minimum atomic E-state index is -0.0742. The third kappa shape index (κ3) is 3.25. The molecule has 14 heavy (non-hydrogen) atoms. The fourth-order valence-corrected chi connectivity index (χ4v) is 1.82. The monoisotopic (exact) mass is 202 g/mol. The van der Waals surface area contributed by atoms with E-state index in [-0.39, 0.29) is 12.0 Å². The van der Waals surface area contributed by atoms with Crippen LogP contribution in [-0.4, -0.2) is 24.9 Å². The highest BCUT2D eigenvalue weighted by Crippen LogP contribution is 2.35. The van der Waals surface area contributed by atoms with Crippen molar-refractivity contribution in [1.29, 1.82) is 0 Å². The van der Waals surface area contributed by atoms with Gasteiger partial charge in [-0.1, -0.05) is 34.6 Å². The van der Waals surface area contributed by atoms with E-state index in [2.05, 4.69) is 34.6 Å². The van der Waals surface area contributed by atoms with Gasteiger partial charge in [0.05, 0.1) is 13.2 Å². The van der Waals surface area contributed by atoms with Crippen molar-refractivity contribution in [3.8, 4) is 0 Å². The fraction of sp³-hybridized carbons (Fsp3) is 1.00. The Labute approximate surface area is 88.7 Å². The molecule has 0 rings (SSSR count). The Morgan fingerprint density at radius 3 is 1.93 bits per heavy atom. The molecule has 0 amide bonds. The first-order chi connectivity index (χ1) is 6.51. The Bertz CT molecular complexity index is 133. The first kappa shape index (κ1) is 13.9. The number of hydrogen-bond acceptors (Lipinski definition) is 2. The standard InChI is InChI=1S/C12H26O2/c1-6-7-14-9-12(8-13,10(2)3)11(4)5/h10-11,13H,6-9H2,1-5H3. The maximum atomic E-state index is 9.54. The van der Waals surface area contributed by atoms with E-state index in [1.807, 2.05) is 0 Å². The zero-order valence-corrected chi connectivity index (χ0v) is 10.3. The Hall–Kier alpha value is -0.0800. The molecule has 0 bridgehead atoms. The molecule has 0 heterocycles. The highest BCUT2D eigenvalue weighted by molar-refractivity contribution is 4.84. The Kier molecular flexibility index (Phi) is 6.38. The van der Waals surface area contributed by atoms with Crippen LogP contribution in [0, 0.1) is 17.3 Å². The summed E-state index contributed by atoms with van der Waals surface area (Å²) in [7, 11) is 0. The zero-order chi connectivity index (χ0) is 11.2. The SMILES string of the molecule is CCCOCC(CO)(C(C)C)C(C)C. The first-order valence-corrected chi connectivity index (χ1v) is 5.69. The van der Waals surface area contributed by atoms with Crippen LogP contribution < -0.4 is 0 Å². The molecule has 0 saturated heterocycles. The van der Waals surface area contributed by atoms with Crippen LogP contribution in [0.2, 0.25) is 0 Å². The number of rotatable bonds is 7. The summed E-state index contributed by atoms with van der Waals surface area (Å²) in [6, 6.07) is 0. The van der Waals surface area contributed by atoms with E-state index in [0.717, 1.165) is 13.0 Å². The Balaban J connectivity index is 4.35. The molecular weight excluding hydrogens is 176 g/mol. The van der Waals surface area contributed by atoms with E-state index in [1.165, 1.54) is 0 Å². The molecule has 0 aliphatic heterocycles. The molecule has 0 aliphatic rings. The van der Waals surface area contributed by atoms with Gasteiger partial charge in [-0.2, -0.15) is 0 Å². The second kappa shape index (κ2) is 6.41. The molecule has 0 radical (unpaired) electrons. The highest BCUT2D eigenvalue weighted by Gasteiger charge is 2.36. The second-order valence-corrected chi connectivity index (χ2v) is 4.75. The average molecular weight is 202 g/mol. The predicted molar refractivity (Wildman–Crippen MR) is 60.3 cm³/mol. The molecule has 0 atom stereocenters. The number of ether oxygens (including phenoxy) is 1. The first-order valence-electron chi connectivity index (χ1n) is 5.69. The molecule has 0 aromatic rings. The van der Waals surface area contributed by atoms with Gasteiger partial charge in [0.2, 0.25) is 0 Å². The fourth-order valence-electron chi connectivity index (χ4n) is 1.82. The maximum absolute atomic E-state index is 9.54. The van der Waals surface area contributed by atoms with Gasteiger partial charge in [0, 0.05) is 12.0 Å². The van der Waals surface area contributed by atoms with E-state index in [1.54, 1.807) is 0 Å². The topological polar surface area (TPSA) is 29.5 Å². The van der Waals surface area contributed by atoms with Crippen molar-refractivity contribution in [2.75, 3.05) is 19.8 Å². The van der Waals surface area contributed by atoms with Crippen LogP contribution in [0.3, 0.4) is 0 Å². The normalized spacial score (nSPS) is 12.9. The summed E-state index contributed by atoms with van der Waals surface area (Å²) in [5.74, 6) is 0.897. The number of aliphatic hydroxyl groups excluding tert-OH is 1. The van der Waals surface area contributed by atoms with Crippen molar-refractivity contribution >= 4 is 0 Å². The van der Waals surface area contributed by atoms with Gasteiger partial charge in [-0.25, -0.2) is 0 Å². The number of hydrogen-bond donors (Lipinski definition) is 1. The van der Waals surface area contributed by atoms with Crippen molar-refractivity contribution in [1.82, 2.24) is 0 Å². The Morgan fingerprint density at radius 1 is 1.14 bits per heavy atom. The largest absolute Gasteiger partial charge is 0.396 e. The van der Waals surface area contributed by atoms with Crippen LogP contribution >= 0.6 is 0 Å². The van der Waals surface area contributed by atoms with Gasteiger partial charge in [-0.05, 0) is 18.3 Å². The van der Waals surface area contributed by atoms with Crippen molar-refractivity contribution < 1.29 is 9.84 Å². The van der Waals surface area contributed by atoms with Crippen molar-refractivity contribution in [2.45, 2.75) is 41.0 Å². The van der Waals surface area contributed by atoms with Crippen LogP contribution in [0.15, 0.2) is 0 Å². The van der Waals surface area contributed by atoms with Crippen LogP contribution in [0.25, 0.3) is 0 Å². The zero-order valence-electron chi connectivity index (χ0n) is 10.3. The molecule has 0 aromatic carbocycles. The minimum Gasteiger partial charge on any atom is -0.396 e. The summed E-state index contributed by atoms with van der Waals surface area (Å²) in [4.78, 5) is 0. The van der Waals surface area contributed by atoms with Crippen LogP contribution in [0.1, 0.15) is 41.0 Å². The molecule has 1 N–H and O–H groups in total. The third-order valence-electron chi connectivity index (χ3n) is 3.31. The maximum Gasteiger partial charge on any atom is 0.0549 e. The lowest BCUT2D eigenvalue weighted by molar-refractivity contribution is -0.0523. The highest BCUT2D eigenvalue weighted by atomic mass is 16.5. The summed E-state index contributed by atoms with van der Waals surface area (Å²) in [5.41, 5.74) is -0.0742. The molecule has 2 heteroatoms. The van der Waals surface area contributed by atoms with E-state index in [9.17, 15) is 5.11 Å². The molecular formula is C12H26O2. The number of aliphatic hydroxyl groups is 1. The summed E-state index contributed by atoms with van der Waals surface area (Å²) < 4.78 is 5.60. The summed E-state index contributed by atoms with van der Waals surface area (Å²) >= 11 is 0. The van der Waals surface area contributed by atoms with Crippen LogP contribution in [-0.2, 0) is 4.74 Å². The molecule has 2 nitrogen and oxygen atoms in total. The van der Waals surface area contributed by atoms with Gasteiger partial charge < -0.3 is 9.84 Å². The van der Waals surface area contributed by atoms with E-state index < -0.39 is 0 Å². The summed E-state index contributed by atoms with van der Waals surface area (Å²) in [5, 5.41) is 9.54. The molecule has 0 spiro atoms. The van der Waals surface area contributed by atoms with Gasteiger partial charge in [0.15, 0.2) is 0 Å². The van der Waals surface area contributed by atoms with E-state index >= 15 is 0 Å². The lowest BCUT2D eigenvalue weighted by atomic mass is 9.70.